The van der Waals surface area contributed by atoms with Gasteiger partial charge in [-0.05, 0) is 23.8 Å². The van der Waals surface area contributed by atoms with Crippen LogP contribution in [0.3, 0.4) is 0 Å². The highest BCUT2D eigenvalue weighted by molar-refractivity contribution is 6.06. The van der Waals surface area contributed by atoms with Crippen molar-refractivity contribution in [3.05, 3.63) is 71.9 Å². The zero-order chi connectivity index (χ0) is 19.8. The van der Waals surface area contributed by atoms with Crippen molar-refractivity contribution in [3.8, 4) is 0 Å². The van der Waals surface area contributed by atoms with E-state index in [1.165, 1.54) is 0 Å². The number of nitrogens with one attached hydrogen (secondary N) is 1. The van der Waals surface area contributed by atoms with E-state index in [9.17, 15) is 9.59 Å². The maximum atomic E-state index is 13.3. The SMILES string of the molecule is O=C(c1cccc2[nH]ccc12)N1C[C@@H]2OCCC(=O)N(Cc3ccccc3)[C@H]2C1. The summed E-state index contributed by atoms with van der Waals surface area (Å²) in [4.78, 5) is 33.0. The minimum absolute atomic E-state index is 0.0148. The summed E-state index contributed by atoms with van der Waals surface area (Å²) < 4.78 is 5.99. The van der Waals surface area contributed by atoms with Crippen LogP contribution in [0.1, 0.15) is 22.3 Å². The lowest BCUT2D eigenvalue weighted by atomic mass is 10.1. The molecular weight excluding hydrogens is 366 g/mol. The molecule has 0 saturated carbocycles. The summed E-state index contributed by atoms with van der Waals surface area (Å²) in [7, 11) is 0. The number of rotatable bonds is 3. The second kappa shape index (κ2) is 7.37. The van der Waals surface area contributed by atoms with Crippen LogP contribution in [0.25, 0.3) is 10.9 Å². The Morgan fingerprint density at radius 1 is 1.07 bits per heavy atom. The van der Waals surface area contributed by atoms with Gasteiger partial charge in [0.2, 0.25) is 5.91 Å². The van der Waals surface area contributed by atoms with Gasteiger partial charge >= 0.3 is 0 Å². The van der Waals surface area contributed by atoms with E-state index in [-0.39, 0.29) is 24.0 Å². The summed E-state index contributed by atoms with van der Waals surface area (Å²) in [5, 5.41) is 0.919. The molecule has 0 spiro atoms. The fraction of sp³-hybridized carbons (Fsp3) is 0.304. The van der Waals surface area contributed by atoms with Crippen molar-refractivity contribution in [2.75, 3.05) is 19.7 Å². The molecular formula is C23H23N3O3. The number of carbonyl (C=O) groups is 2. The van der Waals surface area contributed by atoms with Gasteiger partial charge in [0, 0.05) is 42.3 Å². The largest absolute Gasteiger partial charge is 0.374 e. The first-order chi connectivity index (χ1) is 14.2. The number of nitrogens with zero attached hydrogens (tertiary/aromatic N) is 2. The number of likely N-dealkylation sites (tertiary alicyclic amines) is 1. The number of aromatic nitrogens is 1. The molecule has 2 aliphatic rings. The van der Waals surface area contributed by atoms with Crippen molar-refractivity contribution < 1.29 is 14.3 Å². The number of fused-ring (bicyclic) bond motifs is 2. The van der Waals surface area contributed by atoms with E-state index in [0.717, 1.165) is 16.5 Å². The first kappa shape index (κ1) is 17.9. The van der Waals surface area contributed by atoms with Gasteiger partial charge in [0.1, 0.15) is 0 Å². The second-order valence-corrected chi connectivity index (χ2v) is 7.69. The Bertz CT molecular complexity index is 1050. The summed E-state index contributed by atoms with van der Waals surface area (Å²) in [6.07, 6.45) is 2.08. The Labute approximate surface area is 169 Å². The molecule has 3 heterocycles. The first-order valence-corrected chi connectivity index (χ1v) is 10.0. The molecule has 0 radical (unpaired) electrons. The summed E-state index contributed by atoms with van der Waals surface area (Å²) in [6.45, 7) is 1.94. The zero-order valence-electron chi connectivity index (χ0n) is 16.1. The lowest BCUT2D eigenvalue weighted by molar-refractivity contribution is -0.133. The van der Waals surface area contributed by atoms with Crippen LogP contribution >= 0.6 is 0 Å². The molecule has 2 saturated heterocycles. The summed E-state index contributed by atoms with van der Waals surface area (Å²) in [5.74, 6) is 0.0716. The number of ether oxygens (including phenoxy) is 1. The van der Waals surface area contributed by atoms with Gasteiger partial charge in [-0.2, -0.15) is 0 Å². The topological polar surface area (TPSA) is 65.6 Å². The van der Waals surface area contributed by atoms with Crippen molar-refractivity contribution >= 4 is 22.7 Å². The third-order valence-electron chi connectivity index (χ3n) is 5.91. The van der Waals surface area contributed by atoms with Gasteiger partial charge in [0.25, 0.3) is 5.91 Å². The Morgan fingerprint density at radius 3 is 2.79 bits per heavy atom. The highest BCUT2D eigenvalue weighted by atomic mass is 16.5. The van der Waals surface area contributed by atoms with E-state index in [0.29, 0.717) is 38.2 Å². The number of amides is 2. The van der Waals surface area contributed by atoms with Gasteiger partial charge < -0.3 is 19.5 Å². The Balaban J connectivity index is 1.41. The molecule has 148 valence electrons. The van der Waals surface area contributed by atoms with Crippen LogP contribution < -0.4 is 0 Å². The molecule has 0 aliphatic carbocycles. The molecule has 2 aromatic carbocycles. The molecule has 6 nitrogen and oxygen atoms in total. The van der Waals surface area contributed by atoms with E-state index in [1.54, 1.807) is 0 Å². The summed E-state index contributed by atoms with van der Waals surface area (Å²) in [5.41, 5.74) is 2.71. The van der Waals surface area contributed by atoms with Crippen LogP contribution in [0.5, 0.6) is 0 Å². The zero-order valence-corrected chi connectivity index (χ0v) is 16.1. The van der Waals surface area contributed by atoms with E-state index in [4.69, 9.17) is 4.74 Å². The number of H-pyrrole nitrogens is 1. The van der Waals surface area contributed by atoms with Crippen molar-refractivity contribution in [3.63, 3.8) is 0 Å². The molecule has 1 N–H and O–H groups in total. The fourth-order valence-electron chi connectivity index (χ4n) is 4.44. The normalized spacial score (nSPS) is 22.0. The minimum Gasteiger partial charge on any atom is -0.374 e. The molecule has 2 fully saturated rings. The average Bonchev–Trinajstić information content (AvgIpc) is 3.36. The van der Waals surface area contributed by atoms with Crippen molar-refractivity contribution in [2.24, 2.45) is 0 Å². The van der Waals surface area contributed by atoms with E-state index >= 15 is 0 Å². The number of aromatic amines is 1. The van der Waals surface area contributed by atoms with Gasteiger partial charge in [-0.3, -0.25) is 9.59 Å². The molecule has 0 bridgehead atoms. The molecule has 1 aromatic heterocycles. The maximum absolute atomic E-state index is 13.3. The fourth-order valence-corrected chi connectivity index (χ4v) is 4.44. The third-order valence-corrected chi connectivity index (χ3v) is 5.91. The monoisotopic (exact) mass is 389 g/mol. The van der Waals surface area contributed by atoms with Crippen LogP contribution in [0.4, 0.5) is 0 Å². The lowest BCUT2D eigenvalue weighted by Crippen LogP contribution is -2.45. The molecule has 5 rings (SSSR count). The highest BCUT2D eigenvalue weighted by Crippen LogP contribution is 2.27. The van der Waals surface area contributed by atoms with Crippen LogP contribution in [0, 0.1) is 0 Å². The van der Waals surface area contributed by atoms with Crippen molar-refractivity contribution in [1.82, 2.24) is 14.8 Å². The van der Waals surface area contributed by atoms with Crippen molar-refractivity contribution in [2.45, 2.75) is 25.1 Å². The molecule has 2 aliphatic heterocycles. The van der Waals surface area contributed by atoms with Crippen LogP contribution in [-0.4, -0.2) is 58.4 Å². The third kappa shape index (κ3) is 3.29. The first-order valence-electron chi connectivity index (χ1n) is 10.0. The molecule has 29 heavy (non-hydrogen) atoms. The quantitative estimate of drug-likeness (QED) is 0.749. The smallest absolute Gasteiger partial charge is 0.254 e. The van der Waals surface area contributed by atoms with Gasteiger partial charge in [-0.1, -0.05) is 36.4 Å². The number of benzene rings is 2. The lowest BCUT2D eigenvalue weighted by Gasteiger charge is -2.29. The standard InChI is InChI=1S/C23H23N3O3/c27-22-10-12-29-21-15-25(14-20(21)26(22)13-16-5-2-1-3-6-16)23(28)18-7-4-8-19-17(18)9-11-24-19/h1-9,11,20-21,24H,10,12-15H2/t20-,21-/m0/s1. The Morgan fingerprint density at radius 2 is 1.93 bits per heavy atom. The van der Waals surface area contributed by atoms with Gasteiger partial charge in [0.15, 0.2) is 0 Å². The summed E-state index contributed by atoms with van der Waals surface area (Å²) >= 11 is 0. The predicted octanol–water partition coefficient (Wildman–Crippen LogP) is 2.81. The molecule has 0 unspecified atom stereocenters. The number of carbonyl (C=O) groups excluding carboxylic acids is 2. The van der Waals surface area contributed by atoms with E-state index < -0.39 is 0 Å². The van der Waals surface area contributed by atoms with E-state index in [2.05, 4.69) is 4.98 Å². The van der Waals surface area contributed by atoms with Gasteiger partial charge in [-0.25, -0.2) is 0 Å². The average molecular weight is 389 g/mol. The van der Waals surface area contributed by atoms with Crippen molar-refractivity contribution in [1.29, 1.82) is 0 Å². The highest BCUT2D eigenvalue weighted by Gasteiger charge is 2.43. The van der Waals surface area contributed by atoms with E-state index in [1.807, 2.05) is 70.6 Å². The Kier molecular flexibility index (Phi) is 4.56. The number of hydrogen-bond acceptors (Lipinski definition) is 3. The van der Waals surface area contributed by atoms with Crippen LogP contribution in [0.2, 0.25) is 0 Å². The van der Waals surface area contributed by atoms with Gasteiger partial charge in [-0.15, -0.1) is 0 Å². The second-order valence-electron chi connectivity index (χ2n) is 7.69. The molecule has 2 amide bonds. The Hall–Kier alpha value is -3.12. The molecule has 2 atom stereocenters. The molecule has 6 heteroatoms. The minimum atomic E-state index is -0.153. The van der Waals surface area contributed by atoms with Gasteiger partial charge in [0.05, 0.1) is 25.2 Å². The number of hydrogen-bond donors (Lipinski definition) is 1. The predicted molar refractivity (Wildman–Crippen MR) is 109 cm³/mol. The van der Waals surface area contributed by atoms with Crippen LogP contribution in [0.15, 0.2) is 60.8 Å². The summed E-state index contributed by atoms with van der Waals surface area (Å²) in [6, 6.07) is 17.5. The molecule has 3 aromatic rings. The van der Waals surface area contributed by atoms with Crippen LogP contribution in [-0.2, 0) is 16.1 Å². The maximum Gasteiger partial charge on any atom is 0.254 e.